The van der Waals surface area contributed by atoms with Crippen LogP contribution in [0.15, 0.2) is 46.4 Å². The highest BCUT2D eigenvalue weighted by atomic mass is 16.5. The second-order valence-electron chi connectivity index (χ2n) is 8.59. The van der Waals surface area contributed by atoms with E-state index in [1.54, 1.807) is 43.3 Å². The van der Waals surface area contributed by atoms with E-state index in [-0.39, 0.29) is 17.4 Å². The Bertz CT molecular complexity index is 1030. The van der Waals surface area contributed by atoms with E-state index in [9.17, 15) is 14.7 Å². The van der Waals surface area contributed by atoms with Gasteiger partial charge in [0.1, 0.15) is 29.1 Å². The summed E-state index contributed by atoms with van der Waals surface area (Å²) in [5, 5.41) is 11.1. The van der Waals surface area contributed by atoms with E-state index in [1.165, 1.54) is 4.90 Å². The second kappa shape index (κ2) is 9.80. The molecular formula is C25H30N2O6. The fourth-order valence-corrected chi connectivity index (χ4v) is 4.20. The lowest BCUT2D eigenvalue weighted by molar-refractivity contribution is -0.140. The molecule has 3 heterocycles. The highest BCUT2D eigenvalue weighted by Crippen LogP contribution is 2.40. The second-order valence-corrected chi connectivity index (χ2v) is 8.59. The molecule has 1 aromatic heterocycles. The number of ketones is 1. The summed E-state index contributed by atoms with van der Waals surface area (Å²) >= 11 is 0. The molecule has 1 atom stereocenters. The number of carbonyl (C=O) groups excluding carboxylic acids is 2. The molecule has 2 aliphatic heterocycles. The molecule has 4 rings (SSSR count). The predicted molar refractivity (Wildman–Crippen MR) is 122 cm³/mol. The summed E-state index contributed by atoms with van der Waals surface area (Å²) in [5.41, 5.74) is 0.472. The smallest absolute Gasteiger partial charge is 0.295 e. The fourth-order valence-electron chi connectivity index (χ4n) is 4.20. The van der Waals surface area contributed by atoms with Crippen LogP contribution in [0.1, 0.15) is 37.0 Å². The Balaban J connectivity index is 1.67. The van der Waals surface area contributed by atoms with Gasteiger partial charge in [-0.2, -0.15) is 0 Å². The van der Waals surface area contributed by atoms with Crippen molar-refractivity contribution >= 4 is 17.4 Å². The summed E-state index contributed by atoms with van der Waals surface area (Å²) in [6.45, 7) is 9.46. The maximum absolute atomic E-state index is 13.1. The van der Waals surface area contributed by atoms with Gasteiger partial charge >= 0.3 is 0 Å². The molecular weight excluding hydrogens is 424 g/mol. The topological polar surface area (TPSA) is 92.5 Å². The van der Waals surface area contributed by atoms with Crippen LogP contribution in [0.4, 0.5) is 0 Å². The summed E-state index contributed by atoms with van der Waals surface area (Å²) in [7, 11) is 0. The first-order chi connectivity index (χ1) is 15.8. The first-order valence-corrected chi connectivity index (χ1v) is 11.3. The molecule has 0 saturated carbocycles. The van der Waals surface area contributed by atoms with Gasteiger partial charge in [0.05, 0.1) is 24.9 Å². The third kappa shape index (κ3) is 4.96. The monoisotopic (exact) mass is 454 g/mol. The van der Waals surface area contributed by atoms with Gasteiger partial charge in [0.25, 0.3) is 11.7 Å². The van der Waals surface area contributed by atoms with E-state index in [2.05, 4.69) is 4.90 Å². The van der Waals surface area contributed by atoms with Gasteiger partial charge in [0.2, 0.25) is 0 Å². The lowest BCUT2D eigenvalue weighted by atomic mass is 9.99. The molecule has 0 aliphatic carbocycles. The van der Waals surface area contributed by atoms with E-state index < -0.39 is 17.7 Å². The number of ether oxygens (including phenoxy) is 2. The molecule has 0 radical (unpaired) electrons. The third-order valence-electron chi connectivity index (χ3n) is 5.83. The number of benzene rings is 1. The minimum absolute atomic E-state index is 0.0171. The van der Waals surface area contributed by atoms with E-state index >= 15 is 0 Å². The minimum Gasteiger partial charge on any atom is -0.507 e. The van der Waals surface area contributed by atoms with Crippen molar-refractivity contribution in [3.63, 3.8) is 0 Å². The maximum Gasteiger partial charge on any atom is 0.295 e. The van der Waals surface area contributed by atoms with Crippen LogP contribution in [0.25, 0.3) is 5.76 Å². The van der Waals surface area contributed by atoms with Crippen molar-refractivity contribution in [2.24, 2.45) is 0 Å². The van der Waals surface area contributed by atoms with Crippen molar-refractivity contribution in [2.45, 2.75) is 32.9 Å². The van der Waals surface area contributed by atoms with Gasteiger partial charge in [-0.3, -0.25) is 14.5 Å². The number of hydrogen-bond acceptors (Lipinski definition) is 7. The van der Waals surface area contributed by atoms with Crippen molar-refractivity contribution in [3.05, 3.63) is 59.1 Å². The largest absolute Gasteiger partial charge is 0.507 e. The number of Topliss-reactive ketones (excluding diaryl/α,β-unsaturated/α-hetero) is 1. The van der Waals surface area contributed by atoms with E-state index in [0.29, 0.717) is 49.1 Å². The Morgan fingerprint density at radius 2 is 1.79 bits per heavy atom. The van der Waals surface area contributed by atoms with Crippen molar-refractivity contribution in [2.75, 3.05) is 39.4 Å². The quantitative estimate of drug-likeness (QED) is 0.390. The lowest BCUT2D eigenvalue weighted by Crippen LogP contribution is -2.42. The van der Waals surface area contributed by atoms with Crippen molar-refractivity contribution in [3.8, 4) is 5.75 Å². The lowest BCUT2D eigenvalue weighted by Gasteiger charge is -2.30. The Morgan fingerprint density at radius 3 is 2.39 bits per heavy atom. The van der Waals surface area contributed by atoms with Gasteiger partial charge in [-0.1, -0.05) is 0 Å². The molecule has 2 saturated heterocycles. The molecule has 1 amide bonds. The van der Waals surface area contributed by atoms with Crippen molar-refractivity contribution in [1.82, 2.24) is 9.80 Å². The van der Waals surface area contributed by atoms with Crippen LogP contribution < -0.4 is 4.74 Å². The van der Waals surface area contributed by atoms with E-state index in [1.807, 2.05) is 13.8 Å². The number of furan rings is 1. The van der Waals surface area contributed by atoms with Crippen LogP contribution in [0.5, 0.6) is 5.75 Å². The number of aliphatic hydroxyl groups excluding tert-OH is 1. The third-order valence-corrected chi connectivity index (χ3v) is 5.83. The molecule has 1 aromatic carbocycles. The molecule has 176 valence electrons. The average Bonchev–Trinajstić information content (AvgIpc) is 3.33. The number of amides is 1. The van der Waals surface area contributed by atoms with Crippen LogP contribution in [0, 0.1) is 6.92 Å². The summed E-state index contributed by atoms with van der Waals surface area (Å²) in [6, 6.07) is 9.57. The van der Waals surface area contributed by atoms with Crippen LogP contribution in [0.3, 0.4) is 0 Å². The standard InChI is InChI=1S/C25H30N2O6/c1-16(2)32-19-7-5-18(6-8-19)23(28)21-22(20-9-4-17(3)33-20)27(25(30)24(21)29)11-10-26-12-14-31-15-13-26/h4-9,16,22,28H,10-15H2,1-3H3/t22-/m1/s1. The molecule has 1 N–H and O–H groups in total. The minimum atomic E-state index is -0.786. The number of morpholine rings is 1. The summed E-state index contributed by atoms with van der Waals surface area (Å²) in [6.07, 6.45) is 0.0171. The molecule has 0 bridgehead atoms. The highest BCUT2D eigenvalue weighted by Gasteiger charge is 2.47. The summed E-state index contributed by atoms with van der Waals surface area (Å²) in [4.78, 5) is 29.8. The van der Waals surface area contributed by atoms with E-state index in [4.69, 9.17) is 13.9 Å². The van der Waals surface area contributed by atoms with Crippen LogP contribution in [-0.2, 0) is 14.3 Å². The maximum atomic E-state index is 13.1. The van der Waals surface area contributed by atoms with Gasteiger partial charge in [-0.15, -0.1) is 0 Å². The van der Waals surface area contributed by atoms with Gasteiger partial charge < -0.3 is 23.9 Å². The predicted octanol–water partition coefficient (Wildman–Crippen LogP) is 3.13. The number of likely N-dealkylation sites (tertiary alicyclic amines) is 1. The summed E-state index contributed by atoms with van der Waals surface area (Å²) in [5.74, 6) is 0.205. The van der Waals surface area contributed by atoms with Gasteiger partial charge in [0, 0.05) is 31.7 Å². The first-order valence-electron chi connectivity index (χ1n) is 11.3. The molecule has 2 fully saturated rings. The Morgan fingerprint density at radius 1 is 1.09 bits per heavy atom. The van der Waals surface area contributed by atoms with Crippen LogP contribution in [0.2, 0.25) is 0 Å². The fraction of sp³-hybridized carbons (Fsp3) is 0.440. The number of aliphatic hydroxyl groups is 1. The molecule has 2 aromatic rings. The van der Waals surface area contributed by atoms with Gasteiger partial charge in [-0.25, -0.2) is 0 Å². The zero-order valence-electron chi connectivity index (χ0n) is 19.2. The zero-order valence-corrected chi connectivity index (χ0v) is 19.2. The number of hydrogen-bond donors (Lipinski definition) is 1. The Hall–Kier alpha value is -3.10. The number of rotatable bonds is 7. The molecule has 8 nitrogen and oxygen atoms in total. The molecule has 8 heteroatoms. The van der Waals surface area contributed by atoms with Crippen molar-refractivity contribution in [1.29, 1.82) is 0 Å². The Kier molecular flexibility index (Phi) is 6.85. The highest BCUT2D eigenvalue weighted by molar-refractivity contribution is 6.46. The first kappa shape index (κ1) is 23.1. The van der Waals surface area contributed by atoms with Crippen LogP contribution >= 0.6 is 0 Å². The molecule has 0 spiro atoms. The molecule has 2 aliphatic rings. The number of nitrogens with zero attached hydrogens (tertiary/aromatic N) is 2. The van der Waals surface area contributed by atoms with Crippen molar-refractivity contribution < 1.29 is 28.6 Å². The van der Waals surface area contributed by atoms with Crippen LogP contribution in [-0.4, -0.2) is 72.1 Å². The SMILES string of the molecule is Cc1ccc([C@@H]2C(=C(O)c3ccc(OC(C)C)cc3)C(=O)C(=O)N2CCN2CCOCC2)o1. The number of carbonyl (C=O) groups is 2. The summed E-state index contributed by atoms with van der Waals surface area (Å²) < 4.78 is 16.9. The van der Waals surface area contributed by atoms with Gasteiger partial charge in [0.15, 0.2) is 0 Å². The Labute approximate surface area is 193 Å². The number of aryl methyl sites for hydroxylation is 1. The zero-order chi connectivity index (χ0) is 23.5. The molecule has 0 unspecified atom stereocenters. The van der Waals surface area contributed by atoms with Gasteiger partial charge in [-0.05, 0) is 57.2 Å². The average molecular weight is 455 g/mol. The normalized spacial score (nSPS) is 21.2. The van der Waals surface area contributed by atoms with E-state index in [0.717, 1.165) is 13.1 Å². The molecule has 33 heavy (non-hydrogen) atoms.